The van der Waals surface area contributed by atoms with Crippen LogP contribution in [-0.4, -0.2) is 50.5 Å². The van der Waals surface area contributed by atoms with E-state index in [1.165, 1.54) is 0 Å². The van der Waals surface area contributed by atoms with Crippen molar-refractivity contribution in [2.45, 2.75) is 53.6 Å². The summed E-state index contributed by atoms with van der Waals surface area (Å²) < 4.78 is 27.9. The molecule has 0 bridgehead atoms. The number of amides is 2. The highest BCUT2D eigenvalue weighted by molar-refractivity contribution is 6.03. The summed E-state index contributed by atoms with van der Waals surface area (Å²) in [7, 11) is 0. The van der Waals surface area contributed by atoms with Crippen molar-refractivity contribution in [2.24, 2.45) is 5.92 Å². The summed E-state index contributed by atoms with van der Waals surface area (Å²) >= 11 is 0. The van der Waals surface area contributed by atoms with E-state index in [1.54, 1.807) is 13.8 Å². The number of allylic oxidation sites excluding steroid dienone is 1. The van der Waals surface area contributed by atoms with Crippen LogP contribution in [0.2, 0.25) is 0 Å². The van der Waals surface area contributed by atoms with Crippen LogP contribution in [0.3, 0.4) is 0 Å². The topological polar surface area (TPSA) is 92.3 Å². The number of carbonyl (C=O) groups is 2. The van der Waals surface area contributed by atoms with Crippen molar-refractivity contribution in [3.05, 3.63) is 11.3 Å². The van der Waals surface area contributed by atoms with E-state index in [-0.39, 0.29) is 17.9 Å². The van der Waals surface area contributed by atoms with Crippen molar-refractivity contribution in [2.75, 3.05) is 26.4 Å². The molecule has 0 saturated heterocycles. The zero-order valence-electron chi connectivity index (χ0n) is 15.8. The van der Waals surface area contributed by atoms with E-state index in [0.29, 0.717) is 19.8 Å². The second-order valence-electron chi connectivity index (χ2n) is 5.38. The van der Waals surface area contributed by atoms with Crippen molar-refractivity contribution < 1.29 is 33.3 Å². The number of hydrogen-bond donors (Lipinski definition) is 1. The quantitative estimate of drug-likeness (QED) is 0.665. The van der Waals surface area contributed by atoms with Gasteiger partial charge in [-0.15, -0.1) is 0 Å². The van der Waals surface area contributed by atoms with E-state index in [9.17, 15) is 9.59 Å². The first-order valence-corrected chi connectivity index (χ1v) is 8.64. The lowest BCUT2D eigenvalue weighted by molar-refractivity contribution is -0.401. The lowest BCUT2D eigenvalue weighted by atomic mass is 9.90. The molecule has 0 spiro atoms. The molecule has 0 aromatic rings. The first-order chi connectivity index (χ1) is 11.9. The molecule has 0 aromatic carbocycles. The lowest BCUT2D eigenvalue weighted by Gasteiger charge is -2.45. The predicted octanol–water partition coefficient (Wildman–Crippen LogP) is 2.33. The second-order valence-corrected chi connectivity index (χ2v) is 5.38. The van der Waals surface area contributed by atoms with Gasteiger partial charge in [-0.3, -0.25) is 10.1 Å². The largest absolute Gasteiger partial charge is 0.450 e. The number of ether oxygens (including phenoxy) is 5. The van der Waals surface area contributed by atoms with Crippen molar-refractivity contribution in [1.29, 1.82) is 0 Å². The standard InChI is InChI=1S/C17H29NO7/c1-7-21-14-11(5)17(23-9-3,24-10-4)25-12(6)13(14)15(19)18-16(20)22-8-2/h11,14H,7-10H2,1-6H3,(H,18,19,20). The highest BCUT2D eigenvalue weighted by Crippen LogP contribution is 2.40. The summed E-state index contributed by atoms with van der Waals surface area (Å²) in [5.41, 5.74) is 0.220. The first-order valence-electron chi connectivity index (χ1n) is 8.64. The Balaban J connectivity index is 3.21. The van der Waals surface area contributed by atoms with Gasteiger partial charge in [0.1, 0.15) is 11.9 Å². The molecule has 0 aliphatic carbocycles. The van der Waals surface area contributed by atoms with Crippen LogP contribution < -0.4 is 5.32 Å². The summed E-state index contributed by atoms with van der Waals surface area (Å²) in [4.78, 5) is 24.1. The molecule has 1 heterocycles. The molecule has 0 radical (unpaired) electrons. The molecule has 144 valence electrons. The Morgan fingerprint density at radius 1 is 1.08 bits per heavy atom. The Morgan fingerprint density at radius 3 is 2.16 bits per heavy atom. The average molecular weight is 359 g/mol. The van der Waals surface area contributed by atoms with Gasteiger partial charge in [-0.25, -0.2) is 4.79 Å². The third-order valence-corrected chi connectivity index (χ3v) is 3.74. The van der Waals surface area contributed by atoms with Crippen LogP contribution in [0.1, 0.15) is 41.5 Å². The summed E-state index contributed by atoms with van der Waals surface area (Å²) in [5.74, 6) is -2.14. The predicted molar refractivity (Wildman–Crippen MR) is 89.5 cm³/mol. The molecule has 8 heteroatoms. The van der Waals surface area contributed by atoms with Gasteiger partial charge in [0.2, 0.25) is 0 Å². The Hall–Kier alpha value is -1.64. The van der Waals surface area contributed by atoms with Crippen LogP contribution in [-0.2, 0) is 28.5 Å². The summed E-state index contributed by atoms with van der Waals surface area (Å²) in [6, 6.07) is 0. The maximum Gasteiger partial charge on any atom is 0.414 e. The molecule has 1 aliphatic heterocycles. The number of rotatable bonds is 8. The van der Waals surface area contributed by atoms with Gasteiger partial charge in [0.15, 0.2) is 0 Å². The lowest BCUT2D eigenvalue weighted by Crippen LogP contribution is -2.55. The second kappa shape index (κ2) is 9.74. The van der Waals surface area contributed by atoms with Gasteiger partial charge in [0.25, 0.3) is 5.91 Å². The van der Waals surface area contributed by atoms with Gasteiger partial charge in [-0.2, -0.15) is 0 Å². The Labute approximate surface area is 148 Å². The van der Waals surface area contributed by atoms with Crippen LogP contribution in [0.5, 0.6) is 0 Å². The Bertz CT molecular complexity index is 497. The number of nitrogens with one attached hydrogen (secondary N) is 1. The molecule has 0 fully saturated rings. The van der Waals surface area contributed by atoms with Crippen molar-refractivity contribution in [3.63, 3.8) is 0 Å². The van der Waals surface area contributed by atoms with Crippen LogP contribution in [0.25, 0.3) is 0 Å². The minimum absolute atomic E-state index is 0.163. The third kappa shape index (κ3) is 4.93. The van der Waals surface area contributed by atoms with Gasteiger partial charge in [-0.05, 0) is 34.6 Å². The summed E-state index contributed by atoms with van der Waals surface area (Å²) in [5, 5.41) is 2.18. The van der Waals surface area contributed by atoms with E-state index in [4.69, 9.17) is 23.7 Å². The summed E-state index contributed by atoms with van der Waals surface area (Å²) in [6.07, 6.45) is -1.48. The average Bonchev–Trinajstić information content (AvgIpc) is 2.53. The number of carbonyl (C=O) groups excluding carboxylic acids is 2. The molecule has 2 atom stereocenters. The fraction of sp³-hybridized carbons (Fsp3) is 0.765. The van der Waals surface area contributed by atoms with Gasteiger partial charge in [0.05, 0.1) is 31.3 Å². The number of alkyl carbamates (subject to hydrolysis) is 1. The van der Waals surface area contributed by atoms with Crippen molar-refractivity contribution in [3.8, 4) is 0 Å². The number of hydrogen-bond acceptors (Lipinski definition) is 7. The molecule has 25 heavy (non-hydrogen) atoms. The molecule has 1 aliphatic rings. The zero-order valence-corrected chi connectivity index (χ0v) is 15.8. The van der Waals surface area contributed by atoms with Gasteiger partial charge in [0, 0.05) is 6.61 Å². The Kier molecular flexibility index (Phi) is 8.34. The normalized spacial score (nSPS) is 22.3. The molecule has 1 rings (SSSR count). The molecule has 1 N–H and O–H groups in total. The monoisotopic (exact) mass is 359 g/mol. The molecular formula is C17H29NO7. The highest BCUT2D eigenvalue weighted by atomic mass is 16.9. The van der Waals surface area contributed by atoms with E-state index >= 15 is 0 Å². The van der Waals surface area contributed by atoms with E-state index in [1.807, 2.05) is 27.7 Å². The van der Waals surface area contributed by atoms with Crippen LogP contribution >= 0.6 is 0 Å². The maximum absolute atomic E-state index is 12.5. The Morgan fingerprint density at radius 2 is 1.68 bits per heavy atom. The first kappa shape index (κ1) is 21.4. The molecule has 2 amide bonds. The van der Waals surface area contributed by atoms with E-state index < -0.39 is 30.0 Å². The number of imide groups is 1. The van der Waals surface area contributed by atoms with Gasteiger partial charge >= 0.3 is 12.1 Å². The van der Waals surface area contributed by atoms with Crippen LogP contribution in [0.4, 0.5) is 4.79 Å². The fourth-order valence-electron chi connectivity index (χ4n) is 2.79. The molecule has 0 saturated carbocycles. The van der Waals surface area contributed by atoms with Crippen molar-refractivity contribution >= 4 is 12.0 Å². The molecule has 2 unspecified atom stereocenters. The van der Waals surface area contributed by atoms with Crippen LogP contribution in [0, 0.1) is 5.92 Å². The minimum Gasteiger partial charge on any atom is -0.450 e. The third-order valence-electron chi connectivity index (χ3n) is 3.74. The maximum atomic E-state index is 12.5. The van der Waals surface area contributed by atoms with Gasteiger partial charge < -0.3 is 23.7 Å². The fourth-order valence-corrected chi connectivity index (χ4v) is 2.79. The SMILES string of the molecule is CCOC(=O)NC(=O)C1=C(C)OC(OCC)(OCC)C(C)C1OCC. The van der Waals surface area contributed by atoms with Gasteiger partial charge in [-0.1, -0.05) is 6.92 Å². The molecular weight excluding hydrogens is 330 g/mol. The highest BCUT2D eigenvalue weighted by Gasteiger charge is 2.52. The van der Waals surface area contributed by atoms with Crippen molar-refractivity contribution in [1.82, 2.24) is 5.32 Å². The smallest absolute Gasteiger partial charge is 0.414 e. The van der Waals surface area contributed by atoms with Crippen LogP contribution in [0.15, 0.2) is 11.3 Å². The minimum atomic E-state index is -1.35. The molecule has 8 nitrogen and oxygen atoms in total. The zero-order chi connectivity index (χ0) is 19.0. The molecule has 0 aromatic heterocycles. The summed E-state index contributed by atoms with van der Waals surface area (Å²) in [6.45, 7) is 11.8. The van der Waals surface area contributed by atoms with E-state index in [2.05, 4.69) is 5.32 Å². The van der Waals surface area contributed by atoms with E-state index in [0.717, 1.165) is 0 Å².